The third-order valence-corrected chi connectivity index (χ3v) is 12.5. The van der Waals surface area contributed by atoms with Gasteiger partial charge in [0.2, 0.25) is 16.9 Å². The SMILES string of the molecule is CCOC(=O)CS1(Sc2nc(OC)cc(OC)n2)CCCCS1. The lowest BCUT2D eigenvalue weighted by Gasteiger charge is -2.39. The van der Waals surface area contributed by atoms with Crippen molar-refractivity contribution in [2.24, 2.45) is 0 Å². The van der Waals surface area contributed by atoms with Crippen LogP contribution in [0.25, 0.3) is 0 Å². The molecule has 1 fully saturated rings. The van der Waals surface area contributed by atoms with Crippen LogP contribution in [-0.2, 0) is 9.53 Å². The lowest BCUT2D eigenvalue weighted by atomic mass is 10.4. The number of nitrogens with zero attached hydrogens (tertiary/aromatic N) is 2. The van der Waals surface area contributed by atoms with Crippen LogP contribution in [0.2, 0.25) is 0 Å². The Morgan fingerprint density at radius 2 is 2.00 bits per heavy atom. The minimum atomic E-state index is -1.30. The van der Waals surface area contributed by atoms with Gasteiger partial charge in [-0.1, -0.05) is 0 Å². The van der Waals surface area contributed by atoms with Crippen molar-refractivity contribution in [2.45, 2.75) is 24.9 Å². The number of ether oxygens (including phenoxy) is 3. The van der Waals surface area contributed by atoms with E-state index in [4.69, 9.17) is 14.2 Å². The fourth-order valence-corrected chi connectivity index (χ4v) is 11.2. The van der Waals surface area contributed by atoms with Gasteiger partial charge in [0.25, 0.3) is 0 Å². The Bertz CT molecular complexity index is 517. The smallest absolute Gasteiger partial charge is 0.315 e. The number of carbonyl (C=O) groups excluding carboxylic acids is 1. The highest BCUT2D eigenvalue weighted by atomic mass is 33.6. The van der Waals surface area contributed by atoms with Crippen molar-refractivity contribution in [3.63, 3.8) is 0 Å². The van der Waals surface area contributed by atoms with Crippen molar-refractivity contribution in [1.82, 2.24) is 9.97 Å². The summed E-state index contributed by atoms with van der Waals surface area (Å²) in [5.74, 6) is 3.28. The number of aromatic nitrogens is 2. The van der Waals surface area contributed by atoms with E-state index in [1.54, 1.807) is 31.1 Å². The van der Waals surface area contributed by atoms with Crippen LogP contribution in [0.15, 0.2) is 11.2 Å². The van der Waals surface area contributed by atoms with Gasteiger partial charge in [0, 0.05) is 5.75 Å². The zero-order valence-corrected chi connectivity index (χ0v) is 16.0. The van der Waals surface area contributed by atoms with Gasteiger partial charge in [-0.2, -0.15) is 9.97 Å². The topological polar surface area (TPSA) is 70.5 Å². The van der Waals surface area contributed by atoms with Crippen molar-refractivity contribution >= 4 is 35.6 Å². The molecule has 1 atom stereocenters. The molecule has 0 radical (unpaired) electrons. The standard InChI is InChI=1S/C14H22N2O4S3/c1-4-20-13(17)10-23(8-6-5-7-21-23)22-14-15-11(18-2)9-12(16-14)19-3/h9H,4-8,10H2,1-3H3. The summed E-state index contributed by atoms with van der Waals surface area (Å²) < 4.78 is 15.6. The molecule has 1 aromatic rings. The highest BCUT2D eigenvalue weighted by Crippen LogP contribution is 2.73. The summed E-state index contributed by atoms with van der Waals surface area (Å²) >= 11 is 0. The molecule has 0 spiro atoms. The molecular weight excluding hydrogens is 356 g/mol. The second kappa shape index (κ2) is 8.89. The van der Waals surface area contributed by atoms with E-state index in [2.05, 4.69) is 9.97 Å². The second-order valence-electron chi connectivity index (χ2n) is 4.74. The van der Waals surface area contributed by atoms with Gasteiger partial charge in [-0.3, -0.25) is 4.79 Å². The first-order valence-corrected chi connectivity index (χ1v) is 12.2. The van der Waals surface area contributed by atoms with Crippen molar-refractivity contribution in [2.75, 3.05) is 38.1 Å². The average Bonchev–Trinajstić information content (AvgIpc) is 2.55. The molecule has 0 aromatic carbocycles. The molecule has 23 heavy (non-hydrogen) atoms. The molecule has 2 rings (SSSR count). The summed E-state index contributed by atoms with van der Waals surface area (Å²) in [6.07, 6.45) is 2.31. The maximum Gasteiger partial charge on any atom is 0.315 e. The molecule has 0 bridgehead atoms. The van der Waals surface area contributed by atoms with Crippen LogP contribution in [0.4, 0.5) is 0 Å². The van der Waals surface area contributed by atoms with Crippen molar-refractivity contribution in [1.29, 1.82) is 0 Å². The molecule has 1 aliphatic heterocycles. The first kappa shape index (κ1) is 18.5. The van der Waals surface area contributed by atoms with Gasteiger partial charge in [0.15, 0.2) is 0 Å². The number of carbonyl (C=O) groups is 1. The molecule has 0 aliphatic carbocycles. The molecule has 0 N–H and O–H groups in total. The van der Waals surface area contributed by atoms with Crippen molar-refractivity contribution < 1.29 is 19.0 Å². The second-order valence-corrected chi connectivity index (χ2v) is 13.8. The maximum absolute atomic E-state index is 12.0. The van der Waals surface area contributed by atoms with Gasteiger partial charge in [-0.05, 0) is 36.3 Å². The van der Waals surface area contributed by atoms with E-state index in [9.17, 15) is 4.79 Å². The van der Waals surface area contributed by atoms with Crippen LogP contribution in [0.3, 0.4) is 0 Å². The maximum atomic E-state index is 12.0. The molecule has 1 aromatic heterocycles. The molecule has 1 saturated heterocycles. The molecular formula is C14H22N2O4S3. The van der Waals surface area contributed by atoms with Crippen LogP contribution in [0, 0.1) is 0 Å². The Labute approximate surface area is 145 Å². The third kappa shape index (κ3) is 5.36. The van der Waals surface area contributed by atoms with Gasteiger partial charge in [0.1, 0.15) is 0 Å². The number of methoxy groups -OCH3 is 2. The Kier molecular flexibility index (Phi) is 7.16. The number of hydrogen-bond donors (Lipinski definition) is 0. The monoisotopic (exact) mass is 378 g/mol. The van der Waals surface area contributed by atoms with Crippen LogP contribution in [-0.4, -0.2) is 54.0 Å². The molecule has 9 heteroatoms. The van der Waals surface area contributed by atoms with E-state index in [1.165, 1.54) is 6.42 Å². The van der Waals surface area contributed by atoms with E-state index in [-0.39, 0.29) is 5.97 Å². The van der Waals surface area contributed by atoms with E-state index in [1.807, 2.05) is 17.7 Å². The lowest BCUT2D eigenvalue weighted by molar-refractivity contribution is -0.139. The Morgan fingerprint density at radius 3 is 2.52 bits per heavy atom. The van der Waals surface area contributed by atoms with E-state index >= 15 is 0 Å². The predicted molar refractivity (Wildman–Crippen MR) is 96.6 cm³/mol. The van der Waals surface area contributed by atoms with E-state index in [0.29, 0.717) is 29.3 Å². The summed E-state index contributed by atoms with van der Waals surface area (Å²) in [4.78, 5) is 20.8. The molecule has 6 nitrogen and oxygen atoms in total. The van der Waals surface area contributed by atoms with Gasteiger partial charge in [0.05, 0.1) is 32.6 Å². The van der Waals surface area contributed by atoms with Gasteiger partial charge >= 0.3 is 5.97 Å². The highest BCUT2D eigenvalue weighted by molar-refractivity contribution is 9.25. The number of hydrogen-bond acceptors (Lipinski definition) is 8. The number of rotatable bonds is 7. The quantitative estimate of drug-likeness (QED) is 0.407. The Morgan fingerprint density at radius 1 is 1.30 bits per heavy atom. The first-order chi connectivity index (χ1) is 11.1. The Hall–Kier alpha value is -0.800. The van der Waals surface area contributed by atoms with Crippen LogP contribution >= 0.6 is 29.7 Å². The summed E-state index contributed by atoms with van der Waals surface area (Å²) in [5.41, 5.74) is 0. The minimum absolute atomic E-state index is 0.140. The normalized spacial score (nSPS) is 23.6. The summed E-state index contributed by atoms with van der Waals surface area (Å²) in [6.45, 7) is 2.24. The Balaban J connectivity index is 2.21. The third-order valence-electron chi connectivity index (χ3n) is 3.09. The molecule has 130 valence electrons. The molecule has 2 heterocycles. The van der Waals surface area contributed by atoms with Crippen LogP contribution < -0.4 is 9.47 Å². The molecule has 1 unspecified atom stereocenters. The van der Waals surface area contributed by atoms with Crippen LogP contribution in [0.1, 0.15) is 19.8 Å². The first-order valence-electron chi connectivity index (χ1n) is 7.36. The fraction of sp³-hybridized carbons (Fsp3) is 0.643. The zero-order valence-electron chi connectivity index (χ0n) is 13.6. The van der Waals surface area contributed by atoms with E-state index in [0.717, 1.165) is 17.9 Å². The highest BCUT2D eigenvalue weighted by Gasteiger charge is 2.33. The van der Waals surface area contributed by atoms with Crippen LogP contribution in [0.5, 0.6) is 11.8 Å². The minimum Gasteiger partial charge on any atom is -0.481 e. The molecule has 0 amide bonds. The van der Waals surface area contributed by atoms with Gasteiger partial charge in [-0.15, -0.1) is 18.9 Å². The summed E-state index contributed by atoms with van der Waals surface area (Å²) in [6, 6.07) is 1.64. The van der Waals surface area contributed by atoms with E-state index < -0.39 is 8.09 Å². The summed E-state index contributed by atoms with van der Waals surface area (Å²) in [5, 5.41) is 0.592. The fourth-order valence-electron chi connectivity index (χ4n) is 2.05. The van der Waals surface area contributed by atoms with Crippen molar-refractivity contribution in [3.05, 3.63) is 6.07 Å². The lowest BCUT2D eigenvalue weighted by Crippen LogP contribution is -2.18. The molecule has 0 saturated carbocycles. The molecule has 1 aliphatic rings. The average molecular weight is 379 g/mol. The van der Waals surface area contributed by atoms with Gasteiger partial charge < -0.3 is 14.2 Å². The van der Waals surface area contributed by atoms with Crippen molar-refractivity contribution in [3.8, 4) is 11.8 Å². The number of esters is 1. The summed E-state index contributed by atoms with van der Waals surface area (Å²) in [7, 11) is 5.28. The van der Waals surface area contributed by atoms with Gasteiger partial charge in [-0.25, -0.2) is 0 Å². The largest absolute Gasteiger partial charge is 0.481 e. The zero-order chi connectivity index (χ0) is 16.7. The predicted octanol–water partition coefficient (Wildman–Crippen LogP) is 3.31.